The second-order valence-corrected chi connectivity index (χ2v) is 5.91. The predicted octanol–water partition coefficient (Wildman–Crippen LogP) is 2.40. The maximum Gasteiger partial charge on any atom is 0.0794 e. The molecular formula is C10H18N2S2. The highest BCUT2D eigenvalue weighted by Crippen LogP contribution is 2.12. The Labute approximate surface area is 94.3 Å². The molecule has 1 atom stereocenters. The first-order chi connectivity index (χ1) is 6.68. The van der Waals surface area contributed by atoms with Crippen molar-refractivity contribution in [2.24, 2.45) is 11.7 Å². The molecule has 0 radical (unpaired) electrons. The predicted molar refractivity (Wildman–Crippen MR) is 66.0 cm³/mol. The van der Waals surface area contributed by atoms with Crippen LogP contribution in [-0.2, 0) is 6.42 Å². The van der Waals surface area contributed by atoms with Crippen molar-refractivity contribution in [1.82, 2.24) is 4.98 Å². The van der Waals surface area contributed by atoms with E-state index in [2.05, 4.69) is 18.8 Å². The number of nitrogens with two attached hydrogens (primary N) is 1. The van der Waals surface area contributed by atoms with Gasteiger partial charge in [-0.15, -0.1) is 11.3 Å². The average molecular weight is 230 g/mol. The van der Waals surface area contributed by atoms with Gasteiger partial charge in [0.25, 0.3) is 0 Å². The standard InChI is InChI=1S/C10H18N2S2/c1-8(2)5-13-6-9(11)3-10-4-12-7-14-10/h4,7-9H,3,5-6,11H2,1-2H3. The molecule has 0 aliphatic heterocycles. The maximum absolute atomic E-state index is 6.01. The quantitative estimate of drug-likeness (QED) is 0.815. The molecule has 0 aliphatic carbocycles. The van der Waals surface area contributed by atoms with E-state index in [1.165, 1.54) is 10.6 Å². The Morgan fingerprint density at radius 2 is 2.29 bits per heavy atom. The van der Waals surface area contributed by atoms with Gasteiger partial charge in [0, 0.05) is 22.9 Å². The molecule has 0 fully saturated rings. The lowest BCUT2D eigenvalue weighted by Crippen LogP contribution is -2.25. The average Bonchev–Trinajstić information content (AvgIpc) is 2.56. The molecule has 1 aromatic heterocycles. The molecule has 4 heteroatoms. The van der Waals surface area contributed by atoms with Crippen LogP contribution in [0.25, 0.3) is 0 Å². The van der Waals surface area contributed by atoms with E-state index in [4.69, 9.17) is 5.73 Å². The van der Waals surface area contributed by atoms with Gasteiger partial charge in [-0.05, 0) is 18.1 Å². The molecule has 14 heavy (non-hydrogen) atoms. The van der Waals surface area contributed by atoms with Crippen LogP contribution in [0.3, 0.4) is 0 Å². The van der Waals surface area contributed by atoms with Gasteiger partial charge in [0.1, 0.15) is 0 Å². The lowest BCUT2D eigenvalue weighted by molar-refractivity contribution is 0.735. The van der Waals surface area contributed by atoms with Crippen LogP contribution in [0.2, 0.25) is 0 Å². The molecule has 0 amide bonds. The van der Waals surface area contributed by atoms with Crippen LogP contribution >= 0.6 is 23.1 Å². The Morgan fingerprint density at radius 3 is 2.86 bits per heavy atom. The molecule has 0 saturated carbocycles. The van der Waals surface area contributed by atoms with E-state index < -0.39 is 0 Å². The van der Waals surface area contributed by atoms with E-state index in [1.54, 1.807) is 11.3 Å². The van der Waals surface area contributed by atoms with E-state index in [-0.39, 0.29) is 6.04 Å². The number of thioether (sulfide) groups is 1. The maximum atomic E-state index is 6.01. The third-order valence-corrected chi connectivity index (χ3v) is 4.10. The number of aromatic nitrogens is 1. The summed E-state index contributed by atoms with van der Waals surface area (Å²) in [5, 5.41) is 0. The van der Waals surface area contributed by atoms with Crippen LogP contribution in [-0.4, -0.2) is 22.5 Å². The monoisotopic (exact) mass is 230 g/mol. The van der Waals surface area contributed by atoms with Crippen LogP contribution in [0, 0.1) is 5.92 Å². The summed E-state index contributed by atoms with van der Waals surface area (Å²) in [6, 6.07) is 0.277. The number of rotatable bonds is 6. The second kappa shape index (κ2) is 6.43. The van der Waals surface area contributed by atoms with E-state index in [0.717, 1.165) is 18.1 Å². The summed E-state index contributed by atoms with van der Waals surface area (Å²) >= 11 is 3.64. The van der Waals surface area contributed by atoms with E-state index in [9.17, 15) is 0 Å². The second-order valence-electron chi connectivity index (χ2n) is 3.86. The first-order valence-electron chi connectivity index (χ1n) is 4.89. The summed E-state index contributed by atoms with van der Waals surface area (Å²) in [6.07, 6.45) is 2.88. The lowest BCUT2D eigenvalue weighted by Gasteiger charge is -2.10. The number of thiazole rings is 1. The fourth-order valence-electron chi connectivity index (χ4n) is 1.12. The molecule has 80 valence electrons. The number of hydrogen-bond donors (Lipinski definition) is 1. The zero-order valence-electron chi connectivity index (χ0n) is 8.77. The van der Waals surface area contributed by atoms with Gasteiger partial charge in [-0.2, -0.15) is 11.8 Å². The summed E-state index contributed by atoms with van der Waals surface area (Å²) in [6.45, 7) is 4.48. The molecule has 2 N–H and O–H groups in total. The van der Waals surface area contributed by atoms with Gasteiger partial charge < -0.3 is 5.73 Å². The van der Waals surface area contributed by atoms with Crippen molar-refractivity contribution in [3.05, 3.63) is 16.6 Å². The van der Waals surface area contributed by atoms with Crippen LogP contribution in [0.15, 0.2) is 11.7 Å². The molecule has 1 rings (SSSR count). The summed E-state index contributed by atoms with van der Waals surface area (Å²) in [5.74, 6) is 3.02. The van der Waals surface area contributed by atoms with Gasteiger partial charge in [0.05, 0.1) is 5.51 Å². The molecular weight excluding hydrogens is 212 g/mol. The van der Waals surface area contributed by atoms with Crippen molar-refractivity contribution in [2.45, 2.75) is 26.3 Å². The highest BCUT2D eigenvalue weighted by molar-refractivity contribution is 7.99. The molecule has 0 aromatic carbocycles. The van der Waals surface area contributed by atoms with Crippen molar-refractivity contribution in [3.63, 3.8) is 0 Å². The number of nitrogens with zero attached hydrogens (tertiary/aromatic N) is 1. The number of hydrogen-bond acceptors (Lipinski definition) is 4. The van der Waals surface area contributed by atoms with E-state index >= 15 is 0 Å². The lowest BCUT2D eigenvalue weighted by atomic mass is 10.2. The Balaban J connectivity index is 2.13. The third-order valence-electron chi connectivity index (χ3n) is 1.73. The summed E-state index contributed by atoms with van der Waals surface area (Å²) < 4.78 is 0. The van der Waals surface area contributed by atoms with E-state index in [1.807, 2.05) is 23.5 Å². The van der Waals surface area contributed by atoms with Crippen molar-refractivity contribution in [2.75, 3.05) is 11.5 Å². The molecule has 0 spiro atoms. The summed E-state index contributed by atoms with van der Waals surface area (Å²) in [4.78, 5) is 5.33. The van der Waals surface area contributed by atoms with Crippen LogP contribution in [0.1, 0.15) is 18.7 Å². The summed E-state index contributed by atoms with van der Waals surface area (Å²) in [5.41, 5.74) is 7.87. The smallest absolute Gasteiger partial charge is 0.0794 e. The SMILES string of the molecule is CC(C)CSCC(N)Cc1cncs1. The van der Waals surface area contributed by atoms with Crippen molar-refractivity contribution < 1.29 is 0 Å². The minimum absolute atomic E-state index is 0.277. The normalized spacial score (nSPS) is 13.4. The molecule has 0 saturated heterocycles. The highest BCUT2D eigenvalue weighted by atomic mass is 32.2. The Morgan fingerprint density at radius 1 is 1.50 bits per heavy atom. The zero-order chi connectivity index (χ0) is 10.4. The zero-order valence-corrected chi connectivity index (χ0v) is 10.4. The van der Waals surface area contributed by atoms with Crippen molar-refractivity contribution in [3.8, 4) is 0 Å². The first-order valence-corrected chi connectivity index (χ1v) is 6.92. The van der Waals surface area contributed by atoms with Gasteiger partial charge in [-0.25, -0.2) is 0 Å². The van der Waals surface area contributed by atoms with Gasteiger partial charge >= 0.3 is 0 Å². The fraction of sp³-hybridized carbons (Fsp3) is 0.700. The fourth-order valence-corrected chi connectivity index (χ4v) is 2.83. The van der Waals surface area contributed by atoms with Crippen LogP contribution in [0.5, 0.6) is 0 Å². The Hall–Kier alpha value is -0.0600. The first kappa shape index (κ1) is 12.0. The highest BCUT2D eigenvalue weighted by Gasteiger charge is 2.05. The largest absolute Gasteiger partial charge is 0.327 e. The van der Waals surface area contributed by atoms with Gasteiger partial charge in [-0.3, -0.25) is 4.98 Å². The molecule has 1 unspecified atom stereocenters. The molecule has 2 nitrogen and oxygen atoms in total. The van der Waals surface area contributed by atoms with Gasteiger partial charge in [0.15, 0.2) is 0 Å². The van der Waals surface area contributed by atoms with Gasteiger partial charge in [-0.1, -0.05) is 13.8 Å². The van der Waals surface area contributed by atoms with Gasteiger partial charge in [0.2, 0.25) is 0 Å². The third kappa shape index (κ3) is 4.98. The van der Waals surface area contributed by atoms with Crippen LogP contribution in [0.4, 0.5) is 0 Å². The topological polar surface area (TPSA) is 38.9 Å². The molecule has 1 heterocycles. The molecule has 1 aromatic rings. The van der Waals surface area contributed by atoms with Crippen LogP contribution < -0.4 is 5.73 Å². The Kier molecular flexibility index (Phi) is 5.52. The minimum atomic E-state index is 0.277. The van der Waals surface area contributed by atoms with Crippen molar-refractivity contribution >= 4 is 23.1 Å². The molecule has 0 aliphatic rings. The summed E-state index contributed by atoms with van der Waals surface area (Å²) in [7, 11) is 0. The molecule has 0 bridgehead atoms. The Bertz CT molecular complexity index is 234. The van der Waals surface area contributed by atoms with E-state index in [0.29, 0.717) is 0 Å². The van der Waals surface area contributed by atoms with Crippen molar-refractivity contribution in [1.29, 1.82) is 0 Å². The minimum Gasteiger partial charge on any atom is -0.327 e.